The predicted octanol–water partition coefficient (Wildman–Crippen LogP) is 2.15. The number of aryl methyl sites for hydroxylation is 1. The Morgan fingerprint density at radius 3 is 2.62 bits per heavy atom. The Bertz CT molecular complexity index is 448. The van der Waals surface area contributed by atoms with Crippen LogP contribution in [0.25, 0.3) is 0 Å². The summed E-state index contributed by atoms with van der Waals surface area (Å²) in [4.78, 5) is 0. The van der Waals surface area contributed by atoms with Crippen LogP contribution in [-0.4, -0.2) is 10.2 Å². The Morgan fingerprint density at radius 1 is 1.25 bits per heavy atom. The molecule has 0 atom stereocenters. The van der Waals surface area contributed by atoms with Gasteiger partial charge in [-0.25, -0.2) is 4.39 Å². The van der Waals surface area contributed by atoms with Gasteiger partial charge in [-0.3, -0.25) is 5.10 Å². The molecule has 0 aliphatic carbocycles. The zero-order valence-corrected chi connectivity index (χ0v) is 9.13. The Morgan fingerprint density at radius 2 is 2.00 bits per heavy atom. The van der Waals surface area contributed by atoms with E-state index in [-0.39, 0.29) is 5.82 Å². The fraction of sp³-hybridized carbons (Fsp3) is 0.250. The first-order chi connectivity index (χ1) is 7.75. The van der Waals surface area contributed by atoms with Gasteiger partial charge in [-0.05, 0) is 24.6 Å². The number of benzene rings is 1. The third-order valence-electron chi connectivity index (χ3n) is 2.49. The first kappa shape index (κ1) is 10.8. The molecule has 2 N–H and O–H groups in total. The molecule has 2 aromatic rings. The van der Waals surface area contributed by atoms with Crippen LogP contribution in [0.1, 0.15) is 16.8 Å². The molecule has 0 aliphatic heterocycles. The van der Waals surface area contributed by atoms with Crippen molar-refractivity contribution in [2.24, 2.45) is 0 Å². The van der Waals surface area contributed by atoms with Gasteiger partial charge in [0.2, 0.25) is 0 Å². The van der Waals surface area contributed by atoms with Gasteiger partial charge in [0.15, 0.2) is 0 Å². The zero-order valence-electron chi connectivity index (χ0n) is 9.13. The van der Waals surface area contributed by atoms with Gasteiger partial charge in [0, 0.05) is 24.3 Å². The number of H-pyrrole nitrogens is 1. The summed E-state index contributed by atoms with van der Waals surface area (Å²) in [6, 6.07) is 6.51. The third-order valence-corrected chi connectivity index (χ3v) is 2.49. The molecule has 0 bridgehead atoms. The molecule has 84 valence electrons. The standard InChI is InChI=1S/C12H14FN3/c1-9-11(8-15-16-9)7-14-6-10-2-4-12(13)5-3-10/h2-5,8,14H,6-7H2,1H3,(H,15,16). The largest absolute Gasteiger partial charge is 0.308 e. The van der Waals surface area contributed by atoms with Crippen molar-refractivity contribution in [1.29, 1.82) is 0 Å². The fourth-order valence-corrected chi connectivity index (χ4v) is 1.50. The highest BCUT2D eigenvalue weighted by Gasteiger charge is 1.99. The summed E-state index contributed by atoms with van der Waals surface area (Å²) in [6.45, 7) is 3.48. The molecule has 0 unspecified atom stereocenters. The van der Waals surface area contributed by atoms with E-state index in [9.17, 15) is 4.39 Å². The highest BCUT2D eigenvalue weighted by molar-refractivity contribution is 5.17. The SMILES string of the molecule is Cc1[nH]ncc1CNCc1ccc(F)cc1. The van der Waals surface area contributed by atoms with Crippen LogP contribution in [0.2, 0.25) is 0 Å². The van der Waals surface area contributed by atoms with E-state index in [0.29, 0.717) is 0 Å². The molecule has 0 saturated heterocycles. The third kappa shape index (κ3) is 2.67. The average molecular weight is 219 g/mol. The monoisotopic (exact) mass is 219 g/mol. The Hall–Kier alpha value is -1.68. The maximum absolute atomic E-state index is 12.7. The van der Waals surface area contributed by atoms with Crippen LogP contribution in [0.15, 0.2) is 30.5 Å². The summed E-state index contributed by atoms with van der Waals surface area (Å²) in [5, 5.41) is 10.1. The van der Waals surface area contributed by atoms with Gasteiger partial charge in [-0.2, -0.15) is 5.10 Å². The molecule has 0 aliphatic rings. The summed E-state index contributed by atoms with van der Waals surface area (Å²) in [6.07, 6.45) is 1.81. The maximum Gasteiger partial charge on any atom is 0.123 e. The van der Waals surface area contributed by atoms with Gasteiger partial charge in [-0.15, -0.1) is 0 Å². The van der Waals surface area contributed by atoms with Crippen molar-refractivity contribution in [3.05, 3.63) is 53.1 Å². The maximum atomic E-state index is 12.7. The quantitative estimate of drug-likeness (QED) is 0.827. The highest BCUT2D eigenvalue weighted by atomic mass is 19.1. The van der Waals surface area contributed by atoms with E-state index in [1.807, 2.05) is 13.1 Å². The lowest BCUT2D eigenvalue weighted by atomic mass is 10.2. The van der Waals surface area contributed by atoms with Crippen molar-refractivity contribution in [2.75, 3.05) is 0 Å². The zero-order chi connectivity index (χ0) is 11.4. The lowest BCUT2D eigenvalue weighted by molar-refractivity contribution is 0.625. The smallest absolute Gasteiger partial charge is 0.123 e. The Labute approximate surface area is 93.7 Å². The summed E-state index contributed by atoms with van der Waals surface area (Å²) >= 11 is 0. The van der Waals surface area contributed by atoms with Crippen LogP contribution in [0.3, 0.4) is 0 Å². The second kappa shape index (κ2) is 4.90. The molecule has 2 rings (SSSR count). The van der Waals surface area contributed by atoms with Crippen LogP contribution in [0, 0.1) is 12.7 Å². The first-order valence-corrected chi connectivity index (χ1v) is 5.20. The van der Waals surface area contributed by atoms with E-state index >= 15 is 0 Å². The van der Waals surface area contributed by atoms with Crippen LogP contribution < -0.4 is 5.32 Å². The minimum atomic E-state index is -0.200. The molecule has 3 nitrogen and oxygen atoms in total. The number of aromatic amines is 1. The molecule has 4 heteroatoms. The van der Waals surface area contributed by atoms with E-state index in [2.05, 4.69) is 15.5 Å². The summed E-state index contributed by atoms with van der Waals surface area (Å²) in [5.41, 5.74) is 3.30. The van der Waals surface area contributed by atoms with Gasteiger partial charge < -0.3 is 5.32 Å². The summed E-state index contributed by atoms with van der Waals surface area (Å²) in [5.74, 6) is -0.200. The van der Waals surface area contributed by atoms with E-state index in [1.165, 1.54) is 12.1 Å². The minimum Gasteiger partial charge on any atom is -0.308 e. The van der Waals surface area contributed by atoms with E-state index < -0.39 is 0 Å². The van der Waals surface area contributed by atoms with Gasteiger partial charge in [-0.1, -0.05) is 12.1 Å². The average Bonchev–Trinajstić information content (AvgIpc) is 2.68. The Kier molecular flexibility index (Phi) is 3.31. The van der Waals surface area contributed by atoms with E-state index in [4.69, 9.17) is 0 Å². The van der Waals surface area contributed by atoms with Crippen LogP contribution in [0.5, 0.6) is 0 Å². The Balaban J connectivity index is 1.84. The first-order valence-electron chi connectivity index (χ1n) is 5.20. The number of hydrogen-bond acceptors (Lipinski definition) is 2. The number of hydrogen-bond donors (Lipinski definition) is 2. The number of rotatable bonds is 4. The van der Waals surface area contributed by atoms with Gasteiger partial charge in [0.05, 0.1) is 6.20 Å². The minimum absolute atomic E-state index is 0.200. The molecule has 0 spiro atoms. The van der Waals surface area contributed by atoms with Crippen molar-refractivity contribution in [2.45, 2.75) is 20.0 Å². The molecule has 0 fully saturated rings. The molecular weight excluding hydrogens is 205 g/mol. The van der Waals surface area contributed by atoms with Gasteiger partial charge in [0.25, 0.3) is 0 Å². The number of nitrogens with zero attached hydrogens (tertiary/aromatic N) is 1. The van der Waals surface area contributed by atoms with Gasteiger partial charge >= 0.3 is 0 Å². The molecule has 1 aromatic heterocycles. The van der Waals surface area contributed by atoms with Crippen molar-refractivity contribution in [3.8, 4) is 0 Å². The molecule has 0 radical (unpaired) electrons. The van der Waals surface area contributed by atoms with Crippen LogP contribution >= 0.6 is 0 Å². The van der Waals surface area contributed by atoms with Crippen LogP contribution in [0.4, 0.5) is 4.39 Å². The molecular formula is C12H14FN3. The molecule has 1 heterocycles. The number of aromatic nitrogens is 2. The second-order valence-electron chi connectivity index (χ2n) is 3.75. The highest BCUT2D eigenvalue weighted by Crippen LogP contribution is 2.04. The van der Waals surface area contributed by atoms with Gasteiger partial charge in [0.1, 0.15) is 5.82 Å². The van der Waals surface area contributed by atoms with Crippen molar-refractivity contribution in [3.63, 3.8) is 0 Å². The molecule has 1 aromatic carbocycles. The number of halogens is 1. The van der Waals surface area contributed by atoms with Crippen molar-refractivity contribution < 1.29 is 4.39 Å². The van der Waals surface area contributed by atoms with E-state index in [0.717, 1.165) is 29.9 Å². The lowest BCUT2D eigenvalue weighted by Gasteiger charge is -2.04. The topological polar surface area (TPSA) is 40.7 Å². The second-order valence-corrected chi connectivity index (χ2v) is 3.75. The molecule has 0 saturated carbocycles. The number of nitrogens with one attached hydrogen (secondary N) is 2. The van der Waals surface area contributed by atoms with E-state index in [1.54, 1.807) is 12.1 Å². The normalized spacial score (nSPS) is 10.6. The summed E-state index contributed by atoms with van der Waals surface area (Å²) in [7, 11) is 0. The molecule has 0 amide bonds. The molecule has 16 heavy (non-hydrogen) atoms. The fourth-order valence-electron chi connectivity index (χ4n) is 1.50. The van der Waals surface area contributed by atoms with Crippen molar-refractivity contribution >= 4 is 0 Å². The predicted molar refractivity (Wildman–Crippen MR) is 60.3 cm³/mol. The van der Waals surface area contributed by atoms with Crippen LogP contribution in [-0.2, 0) is 13.1 Å². The van der Waals surface area contributed by atoms with Crippen molar-refractivity contribution in [1.82, 2.24) is 15.5 Å². The summed E-state index contributed by atoms with van der Waals surface area (Å²) < 4.78 is 12.7. The lowest BCUT2D eigenvalue weighted by Crippen LogP contribution is -2.12.